The topological polar surface area (TPSA) is 92.5 Å². The molecule has 0 aliphatic carbocycles. The van der Waals surface area contributed by atoms with Gasteiger partial charge < -0.3 is 11.1 Å². The number of likely N-dealkylation sites (N-methyl/N-ethyl adjacent to an activating group) is 1. The Balaban J connectivity index is 2.92. The predicted molar refractivity (Wildman–Crippen MR) is 78.7 cm³/mol. The maximum Gasteiger partial charge on any atom is 0.243 e. The van der Waals surface area contributed by atoms with Gasteiger partial charge in [-0.15, -0.1) is 0 Å². The Morgan fingerprint density at radius 1 is 1.40 bits per heavy atom. The van der Waals surface area contributed by atoms with Crippen molar-refractivity contribution < 1.29 is 13.2 Å². The van der Waals surface area contributed by atoms with Crippen LogP contribution in [0.2, 0.25) is 0 Å². The van der Waals surface area contributed by atoms with Crippen LogP contribution >= 0.6 is 0 Å². The summed E-state index contributed by atoms with van der Waals surface area (Å²) in [6, 6.07) is 4.50. The Morgan fingerprint density at radius 2 is 2.00 bits per heavy atom. The zero-order chi connectivity index (χ0) is 15.5. The van der Waals surface area contributed by atoms with Gasteiger partial charge in [0.05, 0.1) is 11.4 Å². The lowest BCUT2D eigenvalue weighted by molar-refractivity contribution is -0.121. The molecule has 6 nitrogen and oxygen atoms in total. The number of aryl methyl sites for hydroxylation is 1. The molecule has 112 valence electrons. The van der Waals surface area contributed by atoms with Crippen LogP contribution in [0.15, 0.2) is 23.1 Å². The number of hydrogen-bond acceptors (Lipinski definition) is 4. The summed E-state index contributed by atoms with van der Waals surface area (Å²) in [4.78, 5) is 11.7. The Morgan fingerprint density at radius 3 is 2.50 bits per heavy atom. The molecule has 3 N–H and O–H groups in total. The van der Waals surface area contributed by atoms with E-state index in [2.05, 4.69) is 5.32 Å². The van der Waals surface area contributed by atoms with Gasteiger partial charge >= 0.3 is 0 Å². The van der Waals surface area contributed by atoms with Gasteiger partial charge in [0.25, 0.3) is 0 Å². The number of nitrogens with two attached hydrogens (primary N) is 1. The molecule has 0 unspecified atom stereocenters. The summed E-state index contributed by atoms with van der Waals surface area (Å²) in [6.07, 6.45) is 0. The van der Waals surface area contributed by atoms with E-state index in [1.54, 1.807) is 13.0 Å². The first kappa shape index (κ1) is 16.5. The minimum atomic E-state index is -3.72. The average molecular weight is 299 g/mol. The van der Waals surface area contributed by atoms with Crippen molar-refractivity contribution in [3.05, 3.63) is 23.8 Å². The maximum atomic E-state index is 12.3. The third-order valence-electron chi connectivity index (χ3n) is 2.77. The summed E-state index contributed by atoms with van der Waals surface area (Å²) in [5, 5.41) is 2.65. The van der Waals surface area contributed by atoms with E-state index in [1.165, 1.54) is 19.2 Å². The lowest BCUT2D eigenvalue weighted by Crippen LogP contribution is -2.40. The van der Waals surface area contributed by atoms with Crippen LogP contribution in [-0.2, 0) is 14.8 Å². The number of amides is 1. The lowest BCUT2D eigenvalue weighted by atomic mass is 10.2. The Hall–Kier alpha value is -1.60. The van der Waals surface area contributed by atoms with Crippen molar-refractivity contribution >= 4 is 21.6 Å². The molecule has 0 aliphatic heterocycles. The fourth-order valence-electron chi connectivity index (χ4n) is 1.61. The van der Waals surface area contributed by atoms with E-state index in [0.29, 0.717) is 5.69 Å². The van der Waals surface area contributed by atoms with Crippen molar-refractivity contribution in [2.24, 2.45) is 0 Å². The molecule has 0 aliphatic rings. The molecule has 0 saturated heterocycles. The minimum absolute atomic E-state index is 0.0337. The molecule has 0 heterocycles. The van der Waals surface area contributed by atoms with Gasteiger partial charge in [-0.25, -0.2) is 8.42 Å². The van der Waals surface area contributed by atoms with Crippen LogP contribution in [-0.4, -0.2) is 38.3 Å². The second kappa shape index (κ2) is 6.23. The average Bonchev–Trinajstić information content (AvgIpc) is 2.31. The molecular formula is C13H21N3O3S. The molecule has 7 heteroatoms. The number of anilines is 1. The fourth-order valence-corrected chi connectivity index (χ4v) is 2.78. The summed E-state index contributed by atoms with van der Waals surface area (Å²) >= 11 is 0. The number of carbonyl (C=O) groups is 1. The molecule has 0 spiro atoms. The van der Waals surface area contributed by atoms with E-state index in [-0.39, 0.29) is 23.4 Å². The maximum absolute atomic E-state index is 12.3. The highest BCUT2D eigenvalue weighted by molar-refractivity contribution is 7.89. The quantitative estimate of drug-likeness (QED) is 0.784. The van der Waals surface area contributed by atoms with Crippen LogP contribution in [0.5, 0.6) is 0 Å². The number of nitrogen functional groups attached to an aromatic ring is 1. The van der Waals surface area contributed by atoms with Crippen LogP contribution in [0.4, 0.5) is 5.69 Å². The van der Waals surface area contributed by atoms with Crippen molar-refractivity contribution in [3.63, 3.8) is 0 Å². The third kappa shape index (κ3) is 3.94. The molecule has 1 amide bonds. The Kier molecular flexibility index (Phi) is 5.13. The summed E-state index contributed by atoms with van der Waals surface area (Å²) in [6.45, 7) is 5.19. The van der Waals surface area contributed by atoms with Crippen molar-refractivity contribution in [3.8, 4) is 0 Å². The van der Waals surface area contributed by atoms with Crippen molar-refractivity contribution in [2.45, 2.75) is 31.7 Å². The van der Waals surface area contributed by atoms with Gasteiger partial charge in [-0.3, -0.25) is 4.79 Å². The Bertz CT molecular complexity index is 597. The predicted octanol–water partition coefficient (Wildman–Crippen LogP) is 0.722. The lowest BCUT2D eigenvalue weighted by Gasteiger charge is -2.18. The number of nitrogens with zero attached hydrogens (tertiary/aromatic N) is 1. The zero-order valence-corrected chi connectivity index (χ0v) is 13.0. The highest BCUT2D eigenvalue weighted by Gasteiger charge is 2.23. The SMILES string of the molecule is Cc1ccc(S(=O)(=O)N(C)CC(=O)NC(C)C)cc1N. The zero-order valence-electron chi connectivity index (χ0n) is 12.2. The normalized spacial score (nSPS) is 11.9. The fraction of sp³-hybridized carbons (Fsp3) is 0.462. The summed E-state index contributed by atoms with van der Waals surface area (Å²) in [7, 11) is -2.35. The number of sulfonamides is 1. The minimum Gasteiger partial charge on any atom is -0.398 e. The first-order valence-corrected chi connectivity index (χ1v) is 7.70. The third-order valence-corrected chi connectivity index (χ3v) is 4.57. The van der Waals surface area contributed by atoms with Crippen LogP contribution < -0.4 is 11.1 Å². The highest BCUT2D eigenvalue weighted by atomic mass is 32.2. The number of rotatable bonds is 5. The second-order valence-electron chi connectivity index (χ2n) is 5.00. The van der Waals surface area contributed by atoms with E-state index >= 15 is 0 Å². The smallest absolute Gasteiger partial charge is 0.243 e. The van der Waals surface area contributed by atoms with E-state index in [0.717, 1.165) is 9.87 Å². The number of carbonyl (C=O) groups excluding carboxylic acids is 1. The van der Waals surface area contributed by atoms with Gasteiger partial charge in [-0.2, -0.15) is 4.31 Å². The molecule has 0 fully saturated rings. The van der Waals surface area contributed by atoms with Gasteiger partial charge in [-0.05, 0) is 38.5 Å². The van der Waals surface area contributed by atoms with Crippen molar-refractivity contribution in [1.82, 2.24) is 9.62 Å². The van der Waals surface area contributed by atoms with Crippen LogP contribution in [0.1, 0.15) is 19.4 Å². The van der Waals surface area contributed by atoms with Crippen molar-refractivity contribution in [1.29, 1.82) is 0 Å². The largest absolute Gasteiger partial charge is 0.398 e. The van der Waals surface area contributed by atoms with Gasteiger partial charge in [-0.1, -0.05) is 6.07 Å². The highest BCUT2D eigenvalue weighted by Crippen LogP contribution is 2.19. The summed E-state index contributed by atoms with van der Waals surface area (Å²) in [5.41, 5.74) is 6.94. The molecule has 1 aromatic carbocycles. The second-order valence-corrected chi connectivity index (χ2v) is 7.05. The Labute approximate surface area is 120 Å². The number of hydrogen-bond donors (Lipinski definition) is 2. The first-order chi connectivity index (χ1) is 9.14. The van der Waals surface area contributed by atoms with Crippen LogP contribution in [0.3, 0.4) is 0 Å². The van der Waals surface area contributed by atoms with E-state index in [9.17, 15) is 13.2 Å². The molecule has 0 bridgehead atoms. The van der Waals surface area contributed by atoms with Gasteiger partial charge in [0.2, 0.25) is 15.9 Å². The summed E-state index contributed by atoms with van der Waals surface area (Å²) < 4.78 is 25.6. The van der Waals surface area contributed by atoms with Gasteiger partial charge in [0, 0.05) is 18.8 Å². The summed E-state index contributed by atoms with van der Waals surface area (Å²) in [5.74, 6) is -0.342. The molecule has 20 heavy (non-hydrogen) atoms. The van der Waals surface area contributed by atoms with Gasteiger partial charge in [0.1, 0.15) is 0 Å². The number of benzene rings is 1. The van der Waals surface area contributed by atoms with Crippen LogP contribution in [0.25, 0.3) is 0 Å². The molecule has 0 aromatic heterocycles. The van der Waals surface area contributed by atoms with E-state index in [1.807, 2.05) is 13.8 Å². The molecule has 0 radical (unpaired) electrons. The van der Waals surface area contributed by atoms with E-state index in [4.69, 9.17) is 5.73 Å². The molecule has 1 rings (SSSR count). The van der Waals surface area contributed by atoms with E-state index < -0.39 is 10.0 Å². The molecular weight excluding hydrogens is 278 g/mol. The standard InChI is InChI=1S/C13H21N3O3S/c1-9(2)15-13(17)8-16(4)20(18,19)11-6-5-10(3)12(14)7-11/h5-7,9H,8,14H2,1-4H3,(H,15,17). The molecule has 1 aromatic rings. The molecule has 0 saturated carbocycles. The monoisotopic (exact) mass is 299 g/mol. The van der Waals surface area contributed by atoms with Gasteiger partial charge in [0.15, 0.2) is 0 Å². The van der Waals surface area contributed by atoms with Crippen molar-refractivity contribution in [2.75, 3.05) is 19.3 Å². The number of nitrogens with one attached hydrogen (secondary N) is 1. The first-order valence-electron chi connectivity index (χ1n) is 6.26. The molecule has 0 atom stereocenters. The van der Waals surface area contributed by atoms with Crippen LogP contribution in [0, 0.1) is 6.92 Å².